The molecule has 0 fully saturated rings. The molecule has 0 bridgehead atoms. The summed E-state index contributed by atoms with van der Waals surface area (Å²) in [6, 6.07) is 0. The van der Waals surface area contributed by atoms with Gasteiger partial charge in [0.25, 0.3) is 0 Å². The average Bonchev–Trinajstić information content (AvgIpc) is 2.02. The van der Waals surface area contributed by atoms with Crippen molar-refractivity contribution >= 4 is 17.6 Å². The van der Waals surface area contributed by atoms with E-state index >= 15 is 0 Å². The number of carboxylic acids is 1. The minimum absolute atomic E-state index is 0.440. The molecule has 0 radical (unpaired) electrons. The second kappa shape index (κ2) is 3.38. The summed E-state index contributed by atoms with van der Waals surface area (Å²) < 4.78 is 13.2. The maximum absolute atomic E-state index is 13.2. The first-order valence-corrected chi connectivity index (χ1v) is 3.86. The molecule has 0 heterocycles. The monoisotopic (exact) mass is 220 g/mol. The molecule has 0 spiro atoms. The number of nitrogens with zero attached hydrogens (tertiary/aromatic N) is 1. The Morgan fingerprint density at radius 1 is 1.71 bits per heavy atom. The molecular weight excluding hydrogens is 217 g/mol. The van der Waals surface area contributed by atoms with Crippen LogP contribution in [-0.4, -0.2) is 16.7 Å². The second-order valence-electron chi connectivity index (χ2n) is 2.67. The van der Waals surface area contributed by atoms with Crippen LogP contribution in [0.25, 0.3) is 0 Å². The van der Waals surface area contributed by atoms with Crippen molar-refractivity contribution < 1.29 is 19.2 Å². The van der Waals surface area contributed by atoms with Gasteiger partial charge in [-0.15, -0.1) is 0 Å². The highest BCUT2D eigenvalue weighted by atomic mass is 35.5. The highest BCUT2D eigenvalue weighted by Gasteiger charge is 2.41. The molecule has 14 heavy (non-hydrogen) atoms. The van der Waals surface area contributed by atoms with Crippen molar-refractivity contribution in [3.05, 3.63) is 33.4 Å². The number of rotatable bonds is 2. The van der Waals surface area contributed by atoms with E-state index in [0.717, 1.165) is 6.08 Å². The molecule has 0 N–H and O–H groups in total. The number of nitro groups is 1. The molecule has 2 unspecified atom stereocenters. The largest absolute Gasteiger partial charge is 0.549 e. The average molecular weight is 221 g/mol. The molecule has 7 heteroatoms. The molecule has 2 atom stereocenters. The summed E-state index contributed by atoms with van der Waals surface area (Å²) in [6.07, 6.45) is 1.76. The highest BCUT2D eigenvalue weighted by molar-refractivity contribution is 6.31. The quantitative estimate of drug-likeness (QED) is 0.284. The Bertz CT molecular complexity index is 354. The van der Waals surface area contributed by atoms with Gasteiger partial charge in [-0.05, 0) is 0 Å². The first kappa shape index (κ1) is 10.6. The van der Waals surface area contributed by atoms with Crippen molar-refractivity contribution in [3.8, 4) is 0 Å². The molecule has 0 aromatic carbocycles. The van der Waals surface area contributed by atoms with Crippen LogP contribution in [0.4, 0.5) is 4.39 Å². The van der Waals surface area contributed by atoms with E-state index in [1.807, 2.05) is 0 Å². The number of hydrogen-bond acceptors (Lipinski definition) is 4. The number of alkyl halides is 1. The van der Waals surface area contributed by atoms with Crippen molar-refractivity contribution in [2.45, 2.75) is 5.79 Å². The summed E-state index contributed by atoms with van der Waals surface area (Å²) in [4.78, 5) is 19.4. The van der Waals surface area contributed by atoms with Crippen molar-refractivity contribution in [1.82, 2.24) is 0 Å². The van der Waals surface area contributed by atoms with E-state index in [1.54, 1.807) is 0 Å². The van der Waals surface area contributed by atoms with E-state index in [2.05, 4.69) is 0 Å². The van der Waals surface area contributed by atoms with Crippen LogP contribution in [0, 0.1) is 16.0 Å². The van der Waals surface area contributed by atoms with E-state index < -0.39 is 27.6 Å². The van der Waals surface area contributed by atoms with Crippen molar-refractivity contribution in [2.24, 2.45) is 5.92 Å². The molecule has 1 rings (SSSR count). The summed E-state index contributed by atoms with van der Waals surface area (Å²) in [6.45, 7) is 0. The first-order valence-electron chi connectivity index (χ1n) is 3.49. The van der Waals surface area contributed by atoms with Gasteiger partial charge in [0.1, 0.15) is 0 Å². The predicted molar refractivity (Wildman–Crippen MR) is 42.4 cm³/mol. The Morgan fingerprint density at radius 2 is 2.29 bits per heavy atom. The van der Waals surface area contributed by atoms with Crippen LogP contribution in [0.5, 0.6) is 0 Å². The van der Waals surface area contributed by atoms with Crippen LogP contribution in [0.15, 0.2) is 23.3 Å². The topological polar surface area (TPSA) is 83.3 Å². The third-order valence-electron chi connectivity index (χ3n) is 1.69. The Hall–Kier alpha value is -1.43. The van der Waals surface area contributed by atoms with Gasteiger partial charge in [-0.1, -0.05) is 17.7 Å². The molecule has 0 aromatic rings. The Balaban J connectivity index is 3.02. The fourth-order valence-electron chi connectivity index (χ4n) is 0.959. The molecule has 5 nitrogen and oxygen atoms in total. The van der Waals surface area contributed by atoms with E-state index in [0.29, 0.717) is 12.2 Å². The van der Waals surface area contributed by atoms with E-state index in [4.69, 9.17) is 11.6 Å². The minimum atomic E-state index is -2.93. The molecule has 0 aromatic heterocycles. The Kier molecular flexibility index (Phi) is 2.57. The van der Waals surface area contributed by atoms with E-state index in [9.17, 15) is 24.4 Å². The van der Waals surface area contributed by atoms with E-state index in [-0.39, 0.29) is 0 Å². The molecule has 0 saturated heterocycles. The van der Waals surface area contributed by atoms with Gasteiger partial charge in [-0.2, -0.15) is 4.39 Å². The van der Waals surface area contributed by atoms with Crippen molar-refractivity contribution in [3.63, 3.8) is 0 Å². The van der Waals surface area contributed by atoms with Crippen LogP contribution < -0.4 is 5.11 Å². The van der Waals surface area contributed by atoms with E-state index in [1.165, 1.54) is 0 Å². The van der Waals surface area contributed by atoms with Gasteiger partial charge in [-0.3, -0.25) is 10.1 Å². The number of carbonyl (C=O) groups excluding carboxylic acids is 1. The summed E-state index contributed by atoms with van der Waals surface area (Å²) in [5.41, 5.74) is 0. The van der Waals surface area contributed by atoms with Gasteiger partial charge in [0.05, 0.1) is 16.8 Å². The maximum Gasteiger partial charge on any atom is 0.398 e. The number of carboxylic acid groups (broad SMARTS) is 1. The summed E-state index contributed by atoms with van der Waals surface area (Å²) in [7, 11) is 0. The maximum atomic E-state index is 13.2. The first-order chi connectivity index (χ1) is 6.37. The minimum Gasteiger partial charge on any atom is -0.549 e. The summed E-state index contributed by atoms with van der Waals surface area (Å²) in [5, 5.41) is 20.1. The number of aliphatic carboxylic acids is 1. The molecule has 1 aliphatic carbocycles. The zero-order chi connectivity index (χ0) is 10.9. The van der Waals surface area contributed by atoms with Gasteiger partial charge >= 0.3 is 5.79 Å². The zero-order valence-electron chi connectivity index (χ0n) is 6.65. The number of carbonyl (C=O) groups is 1. The van der Waals surface area contributed by atoms with Crippen LogP contribution in [-0.2, 0) is 4.79 Å². The van der Waals surface area contributed by atoms with Crippen LogP contribution in [0.2, 0.25) is 0 Å². The third-order valence-corrected chi connectivity index (χ3v) is 2.04. The lowest BCUT2D eigenvalue weighted by molar-refractivity contribution is -0.573. The summed E-state index contributed by atoms with van der Waals surface area (Å²) >= 11 is 5.35. The van der Waals surface area contributed by atoms with Crippen molar-refractivity contribution in [2.75, 3.05) is 0 Å². The van der Waals surface area contributed by atoms with Gasteiger partial charge in [0.2, 0.25) is 0 Å². The van der Waals surface area contributed by atoms with Crippen LogP contribution >= 0.6 is 11.6 Å². The number of hydrogen-bond donors (Lipinski definition) is 0. The second-order valence-corrected chi connectivity index (χ2v) is 3.11. The normalized spacial score (nSPS) is 31.0. The molecule has 0 saturated carbocycles. The lowest BCUT2D eigenvalue weighted by Gasteiger charge is -2.20. The Labute approximate surface area is 82.6 Å². The molecule has 76 valence electrons. The van der Waals surface area contributed by atoms with Gasteiger partial charge in [0, 0.05) is 17.2 Å². The number of halogens is 2. The fraction of sp³-hybridized carbons (Fsp3) is 0.286. The zero-order valence-corrected chi connectivity index (χ0v) is 7.40. The molecule has 1 aliphatic rings. The SMILES string of the molecule is O=C([O-])C1C=CC(F)([N+](=O)[O-])C=C1Cl. The Morgan fingerprint density at radius 3 is 2.64 bits per heavy atom. The van der Waals surface area contributed by atoms with Gasteiger partial charge in [-0.25, -0.2) is 0 Å². The highest BCUT2D eigenvalue weighted by Crippen LogP contribution is 2.30. The summed E-state index contributed by atoms with van der Waals surface area (Å²) in [5.74, 6) is -5.78. The molecule has 0 amide bonds. The standard InChI is InChI=1S/C7H5ClFNO4/c8-5-3-7(9,10(13)14)2-1-4(5)6(11)12/h1-4H,(H,11,12)/p-1. The van der Waals surface area contributed by atoms with Crippen LogP contribution in [0.1, 0.15) is 0 Å². The van der Waals surface area contributed by atoms with Crippen molar-refractivity contribution in [1.29, 1.82) is 0 Å². The molecule has 0 aliphatic heterocycles. The van der Waals surface area contributed by atoms with Gasteiger partial charge < -0.3 is 9.90 Å². The van der Waals surface area contributed by atoms with Crippen LogP contribution in [0.3, 0.4) is 0 Å². The molecular formula is C7H4ClFNO4-. The fourth-order valence-corrected chi connectivity index (χ4v) is 1.27. The predicted octanol–water partition coefficient (Wildman–Crippen LogP) is -0.0125. The third kappa shape index (κ3) is 1.74. The lowest BCUT2D eigenvalue weighted by atomic mass is 9.99. The lowest BCUT2D eigenvalue weighted by Crippen LogP contribution is -2.36. The van der Waals surface area contributed by atoms with Gasteiger partial charge in [0.15, 0.2) is 0 Å². The smallest absolute Gasteiger partial charge is 0.398 e.